The number of nitrogens with one attached hydrogen (secondary N) is 1. The van der Waals surface area contributed by atoms with Gasteiger partial charge in [-0.25, -0.2) is 4.68 Å². The predicted molar refractivity (Wildman–Crippen MR) is 107 cm³/mol. The number of carbonyl (C=O) groups excluding carboxylic acids is 1. The van der Waals surface area contributed by atoms with Gasteiger partial charge in [-0.15, -0.1) is 5.10 Å². The minimum Gasteiger partial charge on any atom is -0.372 e. The van der Waals surface area contributed by atoms with Gasteiger partial charge in [-0.1, -0.05) is 24.3 Å². The topological polar surface area (TPSA) is 75.9 Å². The summed E-state index contributed by atoms with van der Waals surface area (Å²) in [6.07, 6.45) is 5.40. The highest BCUT2D eigenvalue weighted by Crippen LogP contribution is 2.21. The molecule has 3 aromatic rings. The Bertz CT molecular complexity index is 901. The maximum absolute atomic E-state index is 12.5. The fourth-order valence-electron chi connectivity index (χ4n) is 3.50. The lowest BCUT2D eigenvalue weighted by Crippen LogP contribution is -2.29. The summed E-state index contributed by atoms with van der Waals surface area (Å²) in [5.74, 6) is -0.0719. The summed E-state index contributed by atoms with van der Waals surface area (Å²) in [6.45, 7) is 3.34. The van der Waals surface area contributed by atoms with Crippen LogP contribution in [0.5, 0.6) is 0 Å². The van der Waals surface area contributed by atoms with Crippen molar-refractivity contribution in [3.05, 3.63) is 71.5 Å². The van der Waals surface area contributed by atoms with E-state index in [2.05, 4.69) is 50.0 Å². The molecule has 144 valence electrons. The number of amides is 1. The Labute approximate surface area is 164 Å². The third-order valence-corrected chi connectivity index (χ3v) is 5.04. The number of hydrogen-bond donors (Lipinski definition) is 1. The number of rotatable bonds is 6. The Balaban J connectivity index is 1.33. The van der Waals surface area contributed by atoms with Gasteiger partial charge in [0, 0.05) is 30.9 Å². The van der Waals surface area contributed by atoms with E-state index in [1.165, 1.54) is 24.9 Å². The molecular weight excluding hydrogens is 352 g/mol. The first-order valence-corrected chi connectivity index (χ1v) is 9.70. The van der Waals surface area contributed by atoms with Gasteiger partial charge in [-0.2, -0.15) is 0 Å². The monoisotopic (exact) mass is 376 g/mol. The summed E-state index contributed by atoms with van der Waals surface area (Å²) < 4.78 is 1.64. The van der Waals surface area contributed by atoms with Crippen molar-refractivity contribution < 1.29 is 4.79 Å². The van der Waals surface area contributed by atoms with Crippen LogP contribution in [-0.4, -0.2) is 39.2 Å². The summed E-state index contributed by atoms with van der Waals surface area (Å²) in [5, 5.41) is 14.1. The largest absolute Gasteiger partial charge is 0.372 e. The number of carbonyl (C=O) groups is 1. The normalized spacial score (nSPS) is 14.1. The van der Waals surface area contributed by atoms with Crippen molar-refractivity contribution in [1.82, 2.24) is 25.5 Å². The van der Waals surface area contributed by atoms with E-state index >= 15 is 0 Å². The zero-order valence-corrected chi connectivity index (χ0v) is 15.8. The molecule has 0 radical (unpaired) electrons. The molecule has 0 aliphatic carbocycles. The average Bonchev–Trinajstić information content (AvgIpc) is 3.26. The van der Waals surface area contributed by atoms with E-state index in [1.54, 1.807) is 11.0 Å². The Hall–Kier alpha value is -3.22. The molecule has 1 aromatic heterocycles. The van der Waals surface area contributed by atoms with Crippen LogP contribution in [0.3, 0.4) is 0 Å². The van der Waals surface area contributed by atoms with Crippen molar-refractivity contribution in [1.29, 1.82) is 0 Å². The van der Waals surface area contributed by atoms with Crippen LogP contribution in [0.2, 0.25) is 0 Å². The number of hydrogen-bond acceptors (Lipinski definition) is 5. The van der Waals surface area contributed by atoms with E-state index in [1.807, 2.05) is 24.3 Å². The van der Waals surface area contributed by atoms with Crippen molar-refractivity contribution in [2.45, 2.75) is 32.4 Å². The second kappa shape index (κ2) is 8.65. The number of tetrazole rings is 1. The minimum absolute atomic E-state index is 0.0719. The molecule has 0 saturated carbocycles. The van der Waals surface area contributed by atoms with Crippen LogP contribution in [0.4, 0.5) is 5.69 Å². The molecule has 2 heterocycles. The van der Waals surface area contributed by atoms with E-state index in [0.717, 1.165) is 24.2 Å². The predicted octanol–water partition coefficient (Wildman–Crippen LogP) is 2.64. The van der Waals surface area contributed by atoms with Gasteiger partial charge in [-0.05, 0) is 65.1 Å². The summed E-state index contributed by atoms with van der Waals surface area (Å²) >= 11 is 0. The third-order valence-electron chi connectivity index (χ3n) is 5.04. The second-order valence-electron chi connectivity index (χ2n) is 7.10. The van der Waals surface area contributed by atoms with E-state index in [4.69, 9.17) is 0 Å². The van der Waals surface area contributed by atoms with Gasteiger partial charge in [0.1, 0.15) is 6.33 Å². The van der Waals surface area contributed by atoms with Crippen LogP contribution in [0.25, 0.3) is 0 Å². The van der Waals surface area contributed by atoms with Crippen molar-refractivity contribution in [2.75, 3.05) is 18.0 Å². The molecule has 0 bridgehead atoms. The van der Waals surface area contributed by atoms with Gasteiger partial charge < -0.3 is 10.2 Å². The number of piperidine rings is 1. The zero-order chi connectivity index (χ0) is 19.2. The summed E-state index contributed by atoms with van der Waals surface area (Å²) in [4.78, 5) is 14.9. The molecule has 0 spiro atoms. The average molecular weight is 376 g/mol. The van der Waals surface area contributed by atoms with Crippen LogP contribution in [0.15, 0.2) is 54.9 Å². The highest BCUT2D eigenvalue weighted by molar-refractivity contribution is 5.94. The van der Waals surface area contributed by atoms with Gasteiger partial charge in [0.15, 0.2) is 0 Å². The molecule has 7 nitrogen and oxygen atoms in total. The quantitative estimate of drug-likeness (QED) is 0.716. The standard InChI is InChI=1S/C21H24N6O/c28-21(19-9-7-17(8-10-19)15-27-16-23-24-25-27)22-14-18-5-4-6-20(13-18)26-11-2-1-3-12-26/h4-10,13,16H,1-3,11-12,14-15H2,(H,22,28). The fourth-order valence-corrected chi connectivity index (χ4v) is 3.50. The lowest BCUT2D eigenvalue weighted by Gasteiger charge is -2.29. The van der Waals surface area contributed by atoms with Crippen LogP contribution >= 0.6 is 0 Å². The van der Waals surface area contributed by atoms with Crippen molar-refractivity contribution in [3.63, 3.8) is 0 Å². The molecule has 2 aromatic carbocycles. The number of aromatic nitrogens is 4. The molecule has 4 rings (SSSR count). The van der Waals surface area contributed by atoms with Crippen molar-refractivity contribution in [2.24, 2.45) is 0 Å². The second-order valence-corrected chi connectivity index (χ2v) is 7.10. The van der Waals surface area contributed by atoms with Crippen molar-refractivity contribution in [3.8, 4) is 0 Å². The maximum Gasteiger partial charge on any atom is 0.251 e. The first kappa shape index (κ1) is 18.2. The molecule has 28 heavy (non-hydrogen) atoms. The molecule has 1 aliphatic heterocycles. The number of nitrogens with zero attached hydrogens (tertiary/aromatic N) is 5. The summed E-state index contributed by atoms with van der Waals surface area (Å²) in [5.41, 5.74) is 4.05. The maximum atomic E-state index is 12.5. The van der Waals surface area contributed by atoms with Crippen LogP contribution in [0.1, 0.15) is 40.7 Å². The molecule has 1 aliphatic rings. The SMILES string of the molecule is O=C(NCc1cccc(N2CCCCC2)c1)c1ccc(Cn2cnnn2)cc1. The van der Waals surface area contributed by atoms with E-state index < -0.39 is 0 Å². The first-order valence-electron chi connectivity index (χ1n) is 9.70. The summed E-state index contributed by atoms with van der Waals surface area (Å²) in [6, 6.07) is 16.0. The van der Waals surface area contributed by atoms with Crippen LogP contribution in [0, 0.1) is 0 Å². The minimum atomic E-state index is -0.0719. The highest BCUT2D eigenvalue weighted by atomic mass is 16.1. The Morgan fingerprint density at radius 1 is 1.00 bits per heavy atom. The Kier molecular flexibility index (Phi) is 5.61. The first-order chi connectivity index (χ1) is 13.8. The van der Waals surface area contributed by atoms with E-state index in [9.17, 15) is 4.79 Å². The van der Waals surface area contributed by atoms with Gasteiger partial charge in [0.25, 0.3) is 5.91 Å². The fraction of sp³-hybridized carbons (Fsp3) is 0.333. The molecule has 0 atom stereocenters. The van der Waals surface area contributed by atoms with Gasteiger partial charge >= 0.3 is 0 Å². The molecule has 7 heteroatoms. The lowest BCUT2D eigenvalue weighted by molar-refractivity contribution is 0.0951. The number of benzene rings is 2. The highest BCUT2D eigenvalue weighted by Gasteiger charge is 2.11. The molecule has 1 amide bonds. The van der Waals surface area contributed by atoms with E-state index in [-0.39, 0.29) is 5.91 Å². The Morgan fingerprint density at radius 3 is 2.57 bits per heavy atom. The molecule has 1 saturated heterocycles. The van der Waals surface area contributed by atoms with Gasteiger partial charge in [0.05, 0.1) is 6.54 Å². The van der Waals surface area contributed by atoms with Crippen molar-refractivity contribution >= 4 is 11.6 Å². The molecular formula is C21H24N6O. The van der Waals surface area contributed by atoms with Gasteiger partial charge in [0.2, 0.25) is 0 Å². The van der Waals surface area contributed by atoms with Crippen LogP contribution in [-0.2, 0) is 13.1 Å². The molecule has 0 unspecified atom stereocenters. The van der Waals surface area contributed by atoms with E-state index in [0.29, 0.717) is 18.7 Å². The Morgan fingerprint density at radius 2 is 1.82 bits per heavy atom. The van der Waals surface area contributed by atoms with Crippen LogP contribution < -0.4 is 10.2 Å². The van der Waals surface area contributed by atoms with Gasteiger partial charge in [-0.3, -0.25) is 4.79 Å². The molecule has 1 fully saturated rings. The molecule has 1 N–H and O–H groups in total. The number of anilines is 1. The third kappa shape index (κ3) is 4.54. The lowest BCUT2D eigenvalue weighted by atomic mass is 10.1. The smallest absolute Gasteiger partial charge is 0.251 e. The summed E-state index contributed by atoms with van der Waals surface area (Å²) in [7, 11) is 0. The zero-order valence-electron chi connectivity index (χ0n) is 15.8.